The van der Waals surface area contributed by atoms with Gasteiger partial charge in [0.1, 0.15) is 0 Å². The third-order valence-electron chi connectivity index (χ3n) is 2.55. The van der Waals surface area contributed by atoms with Gasteiger partial charge in [0.25, 0.3) is 0 Å². The summed E-state index contributed by atoms with van der Waals surface area (Å²) in [6, 6.07) is 0. The van der Waals surface area contributed by atoms with Crippen LogP contribution in [0.5, 0.6) is 0 Å². The summed E-state index contributed by atoms with van der Waals surface area (Å²) in [5, 5.41) is 15.7. The van der Waals surface area contributed by atoms with Crippen LogP contribution in [0, 0.1) is 11.3 Å². The highest BCUT2D eigenvalue weighted by Gasteiger charge is 2.26. The lowest BCUT2D eigenvalue weighted by molar-refractivity contribution is -0.145. The lowest BCUT2D eigenvalue weighted by Gasteiger charge is -2.30. The molecule has 0 aromatic carbocycles. The Labute approximate surface area is 97.7 Å². The minimum atomic E-state index is -0.787. The van der Waals surface area contributed by atoms with Gasteiger partial charge in [-0.05, 0) is 12.8 Å². The highest BCUT2D eigenvalue weighted by atomic mass is 32.2. The number of piperidine rings is 1. The molecule has 1 aliphatic rings. The smallest absolute Gasteiger partial charge is 0.306 e. The third-order valence-corrected chi connectivity index (χ3v) is 3.25. The molecule has 0 radical (unpaired) electrons. The van der Waals surface area contributed by atoms with E-state index >= 15 is 0 Å². The number of hydrogen-bond donors (Lipinski definition) is 3. The number of carbonyl (C=O) groups excluding carboxylic acids is 1. The van der Waals surface area contributed by atoms with E-state index in [1.54, 1.807) is 4.90 Å². The van der Waals surface area contributed by atoms with Crippen LogP contribution in [0.1, 0.15) is 12.8 Å². The lowest BCUT2D eigenvalue weighted by atomic mass is 9.97. The summed E-state index contributed by atoms with van der Waals surface area (Å²) >= 11 is 0.994. The predicted molar refractivity (Wildman–Crippen MR) is 61.3 cm³/mol. The van der Waals surface area contributed by atoms with Crippen molar-refractivity contribution in [1.29, 1.82) is 5.41 Å². The van der Waals surface area contributed by atoms with Gasteiger partial charge < -0.3 is 15.7 Å². The van der Waals surface area contributed by atoms with Crippen LogP contribution in [0.3, 0.4) is 0 Å². The van der Waals surface area contributed by atoms with Crippen molar-refractivity contribution in [3.63, 3.8) is 0 Å². The van der Waals surface area contributed by atoms with E-state index in [4.69, 9.17) is 16.2 Å². The Hall–Kier alpha value is -1.24. The van der Waals surface area contributed by atoms with Crippen molar-refractivity contribution in [2.75, 3.05) is 18.8 Å². The van der Waals surface area contributed by atoms with E-state index in [0.717, 1.165) is 11.8 Å². The van der Waals surface area contributed by atoms with Gasteiger partial charge in [0.15, 0.2) is 5.17 Å². The monoisotopic (exact) mass is 245 g/mol. The Morgan fingerprint density at radius 3 is 2.44 bits per heavy atom. The zero-order chi connectivity index (χ0) is 12.1. The minimum Gasteiger partial charge on any atom is -0.481 e. The molecular formula is C9H15N3O3S. The van der Waals surface area contributed by atoms with Crippen molar-refractivity contribution in [2.24, 2.45) is 11.7 Å². The summed E-state index contributed by atoms with van der Waals surface area (Å²) < 4.78 is 0. The predicted octanol–water partition coefficient (Wildman–Crippen LogP) is -0.0637. The number of likely N-dealkylation sites (tertiary alicyclic amines) is 1. The number of amides is 1. The van der Waals surface area contributed by atoms with Crippen molar-refractivity contribution in [1.82, 2.24) is 4.90 Å². The molecular weight excluding hydrogens is 230 g/mol. The van der Waals surface area contributed by atoms with Gasteiger partial charge in [0, 0.05) is 13.1 Å². The summed E-state index contributed by atoms with van der Waals surface area (Å²) in [6.45, 7) is 0.961. The Balaban J connectivity index is 2.33. The second kappa shape index (κ2) is 5.74. The molecule has 1 heterocycles. The maximum atomic E-state index is 11.6. The summed E-state index contributed by atoms with van der Waals surface area (Å²) in [5.74, 6) is -1.04. The van der Waals surface area contributed by atoms with Crippen LogP contribution in [0.2, 0.25) is 0 Å². The first-order valence-corrected chi connectivity index (χ1v) is 5.96. The topological polar surface area (TPSA) is 107 Å². The fourth-order valence-corrected chi connectivity index (χ4v) is 2.07. The van der Waals surface area contributed by atoms with E-state index in [1.807, 2.05) is 0 Å². The molecule has 0 aromatic rings. The van der Waals surface area contributed by atoms with Gasteiger partial charge in [-0.1, -0.05) is 11.8 Å². The van der Waals surface area contributed by atoms with Crippen LogP contribution in [0.15, 0.2) is 0 Å². The molecule has 0 saturated carbocycles. The van der Waals surface area contributed by atoms with Crippen LogP contribution >= 0.6 is 11.8 Å². The molecule has 6 nitrogen and oxygen atoms in total. The molecule has 1 rings (SSSR count). The first-order valence-electron chi connectivity index (χ1n) is 4.98. The summed E-state index contributed by atoms with van der Waals surface area (Å²) in [4.78, 5) is 23.9. The number of nitrogens with one attached hydrogen (secondary N) is 1. The van der Waals surface area contributed by atoms with Crippen molar-refractivity contribution in [2.45, 2.75) is 12.8 Å². The largest absolute Gasteiger partial charge is 0.481 e. The molecule has 0 aliphatic carbocycles. The molecule has 16 heavy (non-hydrogen) atoms. The average Bonchev–Trinajstić information content (AvgIpc) is 2.26. The van der Waals surface area contributed by atoms with E-state index in [2.05, 4.69) is 0 Å². The van der Waals surface area contributed by atoms with Crippen LogP contribution < -0.4 is 5.73 Å². The molecule has 1 fully saturated rings. The first-order chi connectivity index (χ1) is 7.50. The number of aliphatic carboxylic acids is 1. The normalized spacial score (nSPS) is 17.1. The van der Waals surface area contributed by atoms with Gasteiger partial charge in [-0.3, -0.25) is 15.0 Å². The summed E-state index contributed by atoms with van der Waals surface area (Å²) in [6.07, 6.45) is 1.01. The fourth-order valence-electron chi connectivity index (χ4n) is 1.61. The quantitative estimate of drug-likeness (QED) is 0.477. The maximum absolute atomic E-state index is 11.6. The number of nitrogens with two attached hydrogens (primary N) is 1. The highest BCUT2D eigenvalue weighted by molar-refractivity contribution is 8.14. The zero-order valence-corrected chi connectivity index (χ0v) is 9.63. The van der Waals surface area contributed by atoms with E-state index in [9.17, 15) is 9.59 Å². The number of thioether (sulfide) groups is 1. The zero-order valence-electron chi connectivity index (χ0n) is 8.81. The molecule has 0 atom stereocenters. The van der Waals surface area contributed by atoms with Gasteiger partial charge in [-0.15, -0.1) is 0 Å². The van der Waals surface area contributed by atoms with Crippen molar-refractivity contribution < 1.29 is 14.7 Å². The standard InChI is InChI=1S/C9H15N3O3S/c10-9(11)16-5-7(13)12-3-1-6(2-4-12)8(14)15/h6H,1-5H2,(H3,10,11)(H,14,15). The molecule has 0 aromatic heterocycles. The second-order valence-electron chi connectivity index (χ2n) is 3.65. The van der Waals surface area contributed by atoms with Gasteiger partial charge in [-0.2, -0.15) is 0 Å². The third kappa shape index (κ3) is 3.73. The molecule has 0 spiro atoms. The number of nitrogens with zero attached hydrogens (tertiary/aromatic N) is 1. The maximum Gasteiger partial charge on any atom is 0.306 e. The molecule has 1 aliphatic heterocycles. The van der Waals surface area contributed by atoms with Crippen LogP contribution in [0.25, 0.3) is 0 Å². The molecule has 4 N–H and O–H groups in total. The average molecular weight is 245 g/mol. The number of carbonyl (C=O) groups is 2. The Morgan fingerprint density at radius 2 is 2.00 bits per heavy atom. The van der Waals surface area contributed by atoms with Crippen LogP contribution in [0.4, 0.5) is 0 Å². The van der Waals surface area contributed by atoms with Gasteiger partial charge in [0.05, 0.1) is 11.7 Å². The molecule has 1 saturated heterocycles. The SMILES string of the molecule is N=C(N)SCC(=O)N1CCC(C(=O)O)CC1. The van der Waals surface area contributed by atoms with E-state index in [0.29, 0.717) is 25.9 Å². The highest BCUT2D eigenvalue weighted by Crippen LogP contribution is 2.18. The van der Waals surface area contributed by atoms with Crippen molar-refractivity contribution in [3.05, 3.63) is 0 Å². The van der Waals surface area contributed by atoms with E-state index in [-0.39, 0.29) is 22.7 Å². The minimum absolute atomic E-state index is 0.0752. The number of carboxylic acids is 1. The van der Waals surface area contributed by atoms with E-state index in [1.165, 1.54) is 0 Å². The Morgan fingerprint density at radius 1 is 1.44 bits per heavy atom. The van der Waals surface area contributed by atoms with Crippen molar-refractivity contribution in [3.8, 4) is 0 Å². The number of hydrogen-bond acceptors (Lipinski definition) is 4. The summed E-state index contributed by atoms with van der Waals surface area (Å²) in [7, 11) is 0. The van der Waals surface area contributed by atoms with E-state index < -0.39 is 5.97 Å². The molecule has 7 heteroatoms. The van der Waals surface area contributed by atoms with Crippen LogP contribution in [-0.4, -0.2) is 45.9 Å². The molecule has 0 unspecified atom stereocenters. The molecule has 1 amide bonds. The van der Waals surface area contributed by atoms with Crippen molar-refractivity contribution >= 4 is 28.8 Å². The fraction of sp³-hybridized carbons (Fsp3) is 0.667. The van der Waals surface area contributed by atoms with Gasteiger partial charge in [0.2, 0.25) is 5.91 Å². The Bertz CT molecular complexity index is 300. The molecule has 90 valence electrons. The lowest BCUT2D eigenvalue weighted by Crippen LogP contribution is -2.41. The molecule has 0 bridgehead atoms. The summed E-state index contributed by atoms with van der Waals surface area (Å²) in [5.41, 5.74) is 5.13. The second-order valence-corrected chi connectivity index (χ2v) is 4.66. The Kier molecular flexibility index (Phi) is 4.60. The van der Waals surface area contributed by atoms with Gasteiger partial charge in [-0.25, -0.2) is 0 Å². The number of carboxylic acid groups (broad SMARTS) is 1. The number of rotatable bonds is 3. The van der Waals surface area contributed by atoms with Gasteiger partial charge >= 0.3 is 5.97 Å². The van der Waals surface area contributed by atoms with Crippen LogP contribution in [-0.2, 0) is 9.59 Å². The first kappa shape index (κ1) is 12.8. The number of amidine groups is 1.